The smallest absolute Gasteiger partial charge is 0.305 e. The van der Waals surface area contributed by atoms with Gasteiger partial charge in [-0.2, -0.15) is 0 Å². The van der Waals surface area contributed by atoms with Crippen LogP contribution in [0.25, 0.3) is 0 Å². The molecule has 0 aromatic carbocycles. The minimum Gasteiger partial charge on any atom is -0.466 e. The summed E-state index contributed by atoms with van der Waals surface area (Å²) in [4.78, 5) is 11.0. The van der Waals surface area contributed by atoms with E-state index in [2.05, 4.69) is 0 Å². The van der Waals surface area contributed by atoms with Crippen molar-refractivity contribution in [1.29, 1.82) is 0 Å². The average Bonchev–Trinajstić information content (AvgIpc) is 2.08. The molecule has 13 heavy (non-hydrogen) atoms. The van der Waals surface area contributed by atoms with Gasteiger partial charge in [-0.3, -0.25) is 4.79 Å². The van der Waals surface area contributed by atoms with Crippen LogP contribution in [0.5, 0.6) is 0 Å². The highest BCUT2D eigenvalue weighted by Gasteiger charge is 1.99. The molecule has 0 radical (unpaired) electrons. The van der Waals surface area contributed by atoms with Crippen molar-refractivity contribution in [3.8, 4) is 0 Å². The van der Waals surface area contributed by atoms with Gasteiger partial charge in [-0.25, -0.2) is 0 Å². The molecule has 0 bridgehead atoms. The summed E-state index contributed by atoms with van der Waals surface area (Å²) in [5, 5.41) is 0. The first kappa shape index (κ1) is 12.0. The minimum atomic E-state index is -0.107. The van der Waals surface area contributed by atoms with Crippen LogP contribution in [0.2, 0.25) is 0 Å². The Morgan fingerprint density at radius 1 is 1.54 bits per heavy atom. The Labute approximate surface area is 79.9 Å². The molecule has 2 N–H and O–H groups in total. The van der Waals surface area contributed by atoms with Gasteiger partial charge in [0.05, 0.1) is 6.61 Å². The number of rotatable bonds is 6. The lowest BCUT2D eigenvalue weighted by Crippen LogP contribution is -2.04. The van der Waals surface area contributed by atoms with Crippen LogP contribution in [0.1, 0.15) is 39.5 Å². The van der Waals surface area contributed by atoms with Crippen molar-refractivity contribution in [3.63, 3.8) is 0 Å². The zero-order valence-electron chi connectivity index (χ0n) is 8.51. The third kappa shape index (κ3) is 8.92. The van der Waals surface area contributed by atoms with Crippen LogP contribution < -0.4 is 5.73 Å². The molecule has 0 aromatic rings. The molecule has 0 amide bonds. The summed E-state index contributed by atoms with van der Waals surface area (Å²) in [5.74, 6) is -0.107. The zero-order valence-corrected chi connectivity index (χ0v) is 8.51. The molecule has 0 spiro atoms. The topological polar surface area (TPSA) is 52.3 Å². The SMILES string of the molecule is CCCOC(=O)CCCC=C(C)N. The van der Waals surface area contributed by atoms with E-state index < -0.39 is 0 Å². The molecule has 0 atom stereocenters. The van der Waals surface area contributed by atoms with Crippen molar-refractivity contribution in [3.05, 3.63) is 11.8 Å². The first-order valence-electron chi connectivity index (χ1n) is 4.74. The molecule has 0 aliphatic heterocycles. The fourth-order valence-corrected chi connectivity index (χ4v) is 0.864. The Morgan fingerprint density at radius 2 is 2.23 bits per heavy atom. The van der Waals surface area contributed by atoms with Gasteiger partial charge in [-0.05, 0) is 26.2 Å². The largest absolute Gasteiger partial charge is 0.466 e. The fourth-order valence-electron chi connectivity index (χ4n) is 0.864. The number of esters is 1. The Morgan fingerprint density at radius 3 is 2.77 bits per heavy atom. The Bertz CT molecular complexity index is 172. The predicted octanol–water partition coefficient (Wildman–Crippen LogP) is 1.97. The first-order valence-corrected chi connectivity index (χ1v) is 4.74. The van der Waals surface area contributed by atoms with Crippen LogP contribution in [-0.2, 0) is 9.53 Å². The lowest BCUT2D eigenvalue weighted by molar-refractivity contribution is -0.143. The minimum absolute atomic E-state index is 0.107. The molecule has 0 rings (SSSR count). The number of hydrogen-bond donors (Lipinski definition) is 1. The summed E-state index contributed by atoms with van der Waals surface area (Å²) in [6.45, 7) is 4.35. The van der Waals surface area contributed by atoms with Crippen LogP contribution in [0, 0.1) is 0 Å². The second-order valence-electron chi connectivity index (χ2n) is 3.06. The van der Waals surface area contributed by atoms with E-state index in [1.165, 1.54) is 0 Å². The average molecular weight is 185 g/mol. The number of carbonyl (C=O) groups excluding carboxylic acids is 1. The molecule has 3 heteroatoms. The Balaban J connectivity index is 3.32. The van der Waals surface area contributed by atoms with Gasteiger partial charge in [-0.1, -0.05) is 13.0 Å². The lowest BCUT2D eigenvalue weighted by atomic mass is 10.2. The fraction of sp³-hybridized carbons (Fsp3) is 0.700. The molecule has 0 saturated heterocycles. The van der Waals surface area contributed by atoms with Gasteiger partial charge >= 0.3 is 5.97 Å². The highest BCUT2D eigenvalue weighted by Crippen LogP contribution is 2.00. The van der Waals surface area contributed by atoms with Gasteiger partial charge < -0.3 is 10.5 Å². The summed E-state index contributed by atoms with van der Waals surface area (Å²) < 4.78 is 4.91. The second-order valence-corrected chi connectivity index (χ2v) is 3.06. The maximum absolute atomic E-state index is 11.0. The Kier molecular flexibility index (Phi) is 7.07. The Hall–Kier alpha value is -0.990. The van der Waals surface area contributed by atoms with E-state index in [0.29, 0.717) is 13.0 Å². The van der Waals surface area contributed by atoms with E-state index in [1.54, 1.807) is 0 Å². The molecular formula is C10H19NO2. The summed E-state index contributed by atoms with van der Waals surface area (Å²) in [5.41, 5.74) is 6.24. The number of unbranched alkanes of at least 4 members (excludes halogenated alkanes) is 1. The van der Waals surface area contributed by atoms with Gasteiger partial charge in [0.15, 0.2) is 0 Å². The maximum Gasteiger partial charge on any atom is 0.305 e. The van der Waals surface area contributed by atoms with Crippen molar-refractivity contribution in [1.82, 2.24) is 0 Å². The van der Waals surface area contributed by atoms with E-state index in [-0.39, 0.29) is 5.97 Å². The molecule has 0 aliphatic carbocycles. The first-order chi connectivity index (χ1) is 6.16. The van der Waals surface area contributed by atoms with Crippen molar-refractivity contribution in [2.75, 3.05) is 6.61 Å². The molecular weight excluding hydrogens is 166 g/mol. The number of nitrogens with two attached hydrogens (primary N) is 1. The highest BCUT2D eigenvalue weighted by molar-refractivity contribution is 5.69. The van der Waals surface area contributed by atoms with Gasteiger partial charge in [0.1, 0.15) is 0 Å². The van der Waals surface area contributed by atoms with Crippen LogP contribution in [0.15, 0.2) is 11.8 Å². The van der Waals surface area contributed by atoms with E-state index >= 15 is 0 Å². The van der Waals surface area contributed by atoms with E-state index in [0.717, 1.165) is 25.0 Å². The predicted molar refractivity (Wildman–Crippen MR) is 53.0 cm³/mol. The van der Waals surface area contributed by atoms with Gasteiger partial charge in [0.2, 0.25) is 0 Å². The van der Waals surface area contributed by atoms with Crippen LogP contribution >= 0.6 is 0 Å². The van der Waals surface area contributed by atoms with Crippen molar-refractivity contribution >= 4 is 5.97 Å². The molecule has 0 aliphatic rings. The molecule has 0 unspecified atom stereocenters. The van der Waals surface area contributed by atoms with Crippen LogP contribution in [-0.4, -0.2) is 12.6 Å². The quantitative estimate of drug-likeness (QED) is 0.508. The second kappa shape index (κ2) is 7.65. The van der Waals surface area contributed by atoms with Gasteiger partial charge in [0, 0.05) is 12.1 Å². The summed E-state index contributed by atoms with van der Waals surface area (Å²) in [6, 6.07) is 0. The van der Waals surface area contributed by atoms with E-state index in [4.69, 9.17) is 10.5 Å². The van der Waals surface area contributed by atoms with E-state index in [1.807, 2.05) is 19.9 Å². The molecule has 0 saturated carbocycles. The number of allylic oxidation sites excluding steroid dienone is 2. The molecule has 76 valence electrons. The lowest BCUT2D eigenvalue weighted by Gasteiger charge is -2.01. The highest BCUT2D eigenvalue weighted by atomic mass is 16.5. The van der Waals surface area contributed by atoms with Crippen molar-refractivity contribution in [2.45, 2.75) is 39.5 Å². The van der Waals surface area contributed by atoms with Gasteiger partial charge in [0.25, 0.3) is 0 Å². The molecule has 0 fully saturated rings. The maximum atomic E-state index is 11.0. The van der Waals surface area contributed by atoms with Crippen LogP contribution in [0.4, 0.5) is 0 Å². The molecule has 3 nitrogen and oxygen atoms in total. The van der Waals surface area contributed by atoms with Crippen molar-refractivity contribution in [2.24, 2.45) is 5.73 Å². The zero-order chi connectivity index (χ0) is 10.1. The summed E-state index contributed by atoms with van der Waals surface area (Å²) >= 11 is 0. The van der Waals surface area contributed by atoms with Gasteiger partial charge in [-0.15, -0.1) is 0 Å². The summed E-state index contributed by atoms with van der Waals surface area (Å²) in [7, 11) is 0. The monoisotopic (exact) mass is 185 g/mol. The third-order valence-corrected chi connectivity index (χ3v) is 1.52. The number of hydrogen-bond acceptors (Lipinski definition) is 3. The summed E-state index contributed by atoms with van der Waals surface area (Å²) in [6.07, 6.45) is 4.96. The molecule has 0 heterocycles. The normalized spacial score (nSPS) is 11.4. The van der Waals surface area contributed by atoms with Crippen molar-refractivity contribution < 1.29 is 9.53 Å². The molecule has 0 aromatic heterocycles. The third-order valence-electron chi connectivity index (χ3n) is 1.52. The standard InChI is InChI=1S/C10H19NO2/c1-3-8-13-10(12)7-5-4-6-9(2)11/h6H,3-5,7-8,11H2,1-2H3. The van der Waals surface area contributed by atoms with Crippen LogP contribution in [0.3, 0.4) is 0 Å². The number of ether oxygens (including phenoxy) is 1. The number of carbonyl (C=O) groups is 1. The van der Waals surface area contributed by atoms with E-state index in [9.17, 15) is 4.79 Å².